The van der Waals surface area contributed by atoms with Crippen LogP contribution < -0.4 is 20.1 Å². The number of halogens is 1. The Morgan fingerprint density at radius 1 is 1.24 bits per heavy atom. The summed E-state index contributed by atoms with van der Waals surface area (Å²) in [5, 5.41) is 6.30. The molecular weight excluding hydrogens is 340 g/mol. The Balaban J connectivity index is 0.00000225. The molecule has 134 valence electrons. The first-order valence-electron chi connectivity index (χ1n) is 8.21. The van der Waals surface area contributed by atoms with Gasteiger partial charge in [-0.3, -0.25) is 4.79 Å². The van der Waals surface area contributed by atoms with Gasteiger partial charge < -0.3 is 20.1 Å². The second-order valence-corrected chi connectivity index (χ2v) is 5.61. The number of carbonyl (C=O) groups is 1. The van der Waals surface area contributed by atoms with Crippen molar-refractivity contribution >= 4 is 29.7 Å². The maximum Gasteiger partial charge on any atom is 0.256 e. The molecule has 1 heterocycles. The standard InChI is InChI=1S/C19H22N2O3.ClH/c1-3-24-17-10-9-13(12-18(17)23-2)21-19(22)15-6-4-8-16-14(15)7-5-11-20-16;/h4,6,8-10,12,20H,3,5,7,11H2,1-2H3,(H,21,22);1H. The van der Waals surface area contributed by atoms with Crippen molar-refractivity contribution in [1.29, 1.82) is 0 Å². The van der Waals surface area contributed by atoms with Gasteiger partial charge in [0.2, 0.25) is 0 Å². The number of benzene rings is 2. The van der Waals surface area contributed by atoms with Gasteiger partial charge in [-0.15, -0.1) is 12.4 Å². The zero-order chi connectivity index (χ0) is 16.9. The molecule has 2 aromatic rings. The van der Waals surface area contributed by atoms with Gasteiger partial charge in [-0.2, -0.15) is 0 Å². The zero-order valence-corrected chi connectivity index (χ0v) is 15.2. The number of carbonyl (C=O) groups excluding carboxylic acids is 1. The van der Waals surface area contributed by atoms with Crippen molar-refractivity contribution in [2.75, 3.05) is 30.9 Å². The number of hydrogen-bond donors (Lipinski definition) is 2. The van der Waals surface area contributed by atoms with Crippen LogP contribution in [0.15, 0.2) is 36.4 Å². The van der Waals surface area contributed by atoms with Crippen molar-refractivity contribution < 1.29 is 14.3 Å². The van der Waals surface area contributed by atoms with Crippen LogP contribution in [0.1, 0.15) is 29.3 Å². The van der Waals surface area contributed by atoms with Gasteiger partial charge in [0, 0.05) is 29.5 Å². The molecule has 1 aliphatic rings. The molecule has 0 atom stereocenters. The van der Waals surface area contributed by atoms with Gasteiger partial charge in [0.15, 0.2) is 11.5 Å². The predicted octanol–water partition coefficient (Wildman–Crippen LogP) is 4.13. The minimum Gasteiger partial charge on any atom is -0.493 e. The van der Waals surface area contributed by atoms with E-state index in [1.807, 2.05) is 31.2 Å². The molecule has 5 nitrogen and oxygen atoms in total. The van der Waals surface area contributed by atoms with Crippen molar-refractivity contribution in [3.05, 3.63) is 47.5 Å². The number of nitrogens with one attached hydrogen (secondary N) is 2. The monoisotopic (exact) mass is 362 g/mol. The van der Waals surface area contributed by atoms with E-state index in [0.29, 0.717) is 29.4 Å². The fraction of sp³-hybridized carbons (Fsp3) is 0.316. The summed E-state index contributed by atoms with van der Waals surface area (Å²) in [7, 11) is 1.59. The van der Waals surface area contributed by atoms with Crippen LogP contribution in [0.2, 0.25) is 0 Å². The number of rotatable bonds is 5. The van der Waals surface area contributed by atoms with Crippen LogP contribution in [-0.4, -0.2) is 26.2 Å². The summed E-state index contributed by atoms with van der Waals surface area (Å²) in [6.07, 6.45) is 1.95. The Morgan fingerprint density at radius 2 is 2.08 bits per heavy atom. The van der Waals surface area contributed by atoms with Gasteiger partial charge in [-0.05, 0) is 49.6 Å². The highest BCUT2D eigenvalue weighted by Crippen LogP contribution is 2.31. The van der Waals surface area contributed by atoms with Gasteiger partial charge in [0.05, 0.1) is 13.7 Å². The molecule has 0 unspecified atom stereocenters. The first-order valence-corrected chi connectivity index (χ1v) is 8.21. The van der Waals surface area contributed by atoms with Crippen molar-refractivity contribution in [3.8, 4) is 11.5 Å². The third-order valence-corrected chi connectivity index (χ3v) is 4.06. The minimum absolute atomic E-state index is 0. The quantitative estimate of drug-likeness (QED) is 0.839. The largest absolute Gasteiger partial charge is 0.493 e. The first kappa shape index (κ1) is 18.9. The SMILES string of the molecule is CCOc1ccc(NC(=O)c2cccc3c2CCCN3)cc1OC.Cl. The molecule has 2 aromatic carbocycles. The van der Waals surface area contributed by atoms with Gasteiger partial charge in [0.1, 0.15) is 0 Å². The average Bonchev–Trinajstić information content (AvgIpc) is 2.62. The van der Waals surface area contributed by atoms with E-state index >= 15 is 0 Å². The number of hydrogen-bond acceptors (Lipinski definition) is 4. The molecule has 0 aromatic heterocycles. The number of fused-ring (bicyclic) bond motifs is 1. The fourth-order valence-corrected chi connectivity index (χ4v) is 2.94. The lowest BCUT2D eigenvalue weighted by atomic mass is 9.97. The summed E-state index contributed by atoms with van der Waals surface area (Å²) in [4.78, 5) is 12.7. The Kier molecular flexibility index (Phi) is 6.53. The van der Waals surface area contributed by atoms with E-state index in [4.69, 9.17) is 9.47 Å². The summed E-state index contributed by atoms with van der Waals surface area (Å²) in [6.45, 7) is 3.43. The van der Waals surface area contributed by atoms with Gasteiger partial charge >= 0.3 is 0 Å². The molecule has 0 spiro atoms. The molecule has 0 radical (unpaired) electrons. The van der Waals surface area contributed by atoms with E-state index in [2.05, 4.69) is 10.6 Å². The number of methoxy groups -OCH3 is 1. The van der Waals surface area contributed by atoms with E-state index in [1.54, 1.807) is 19.2 Å². The molecule has 25 heavy (non-hydrogen) atoms. The van der Waals surface area contributed by atoms with Gasteiger partial charge in [0.25, 0.3) is 5.91 Å². The lowest BCUT2D eigenvalue weighted by Crippen LogP contribution is -2.19. The molecule has 0 saturated carbocycles. The first-order chi connectivity index (χ1) is 11.7. The molecule has 0 fully saturated rings. The van der Waals surface area contributed by atoms with E-state index in [9.17, 15) is 4.79 Å². The van der Waals surface area contributed by atoms with Gasteiger partial charge in [-0.1, -0.05) is 6.07 Å². The fourth-order valence-electron chi connectivity index (χ4n) is 2.94. The van der Waals surface area contributed by atoms with Crippen LogP contribution in [0.3, 0.4) is 0 Å². The molecule has 6 heteroatoms. The highest BCUT2D eigenvalue weighted by molar-refractivity contribution is 6.06. The maximum absolute atomic E-state index is 12.7. The third kappa shape index (κ3) is 4.17. The smallest absolute Gasteiger partial charge is 0.256 e. The molecule has 1 aliphatic heterocycles. The molecule has 3 rings (SSSR count). The number of amides is 1. The molecule has 2 N–H and O–H groups in total. The van der Waals surface area contributed by atoms with E-state index in [-0.39, 0.29) is 18.3 Å². The maximum atomic E-state index is 12.7. The highest BCUT2D eigenvalue weighted by atomic mass is 35.5. The van der Waals surface area contributed by atoms with Crippen LogP contribution >= 0.6 is 12.4 Å². The Hall–Kier alpha value is -2.40. The Morgan fingerprint density at radius 3 is 2.84 bits per heavy atom. The molecule has 1 amide bonds. The van der Waals surface area contributed by atoms with E-state index < -0.39 is 0 Å². The average molecular weight is 363 g/mol. The van der Waals surface area contributed by atoms with E-state index in [1.165, 1.54) is 0 Å². The third-order valence-electron chi connectivity index (χ3n) is 4.06. The van der Waals surface area contributed by atoms with Crippen LogP contribution in [0.25, 0.3) is 0 Å². The highest BCUT2D eigenvalue weighted by Gasteiger charge is 2.18. The van der Waals surface area contributed by atoms with Crippen molar-refractivity contribution in [1.82, 2.24) is 0 Å². The Labute approximate surface area is 154 Å². The summed E-state index contributed by atoms with van der Waals surface area (Å²) in [5.74, 6) is 1.16. The predicted molar refractivity (Wildman–Crippen MR) is 103 cm³/mol. The van der Waals surface area contributed by atoms with Gasteiger partial charge in [-0.25, -0.2) is 0 Å². The van der Waals surface area contributed by atoms with E-state index in [0.717, 1.165) is 30.6 Å². The molecule has 0 saturated heterocycles. The normalized spacial score (nSPS) is 12.2. The second-order valence-electron chi connectivity index (χ2n) is 5.61. The molecule has 0 aliphatic carbocycles. The van der Waals surface area contributed by atoms with Crippen molar-refractivity contribution in [2.45, 2.75) is 19.8 Å². The number of anilines is 2. The van der Waals surface area contributed by atoms with Crippen LogP contribution in [-0.2, 0) is 6.42 Å². The van der Waals surface area contributed by atoms with Crippen LogP contribution in [0, 0.1) is 0 Å². The van der Waals surface area contributed by atoms with Crippen molar-refractivity contribution in [2.24, 2.45) is 0 Å². The van der Waals surface area contributed by atoms with Crippen molar-refractivity contribution in [3.63, 3.8) is 0 Å². The Bertz CT molecular complexity index is 749. The lowest BCUT2D eigenvalue weighted by Gasteiger charge is -2.20. The van der Waals surface area contributed by atoms with Crippen LogP contribution in [0.5, 0.6) is 11.5 Å². The molecule has 0 bridgehead atoms. The minimum atomic E-state index is -0.109. The lowest BCUT2D eigenvalue weighted by molar-refractivity contribution is 0.102. The second kappa shape index (κ2) is 8.62. The topological polar surface area (TPSA) is 59.6 Å². The summed E-state index contributed by atoms with van der Waals surface area (Å²) in [6, 6.07) is 11.2. The zero-order valence-electron chi connectivity index (χ0n) is 14.4. The summed E-state index contributed by atoms with van der Waals surface area (Å²) >= 11 is 0. The summed E-state index contributed by atoms with van der Waals surface area (Å²) < 4.78 is 10.8. The molecular formula is C19H23ClN2O3. The van der Waals surface area contributed by atoms with Crippen LogP contribution in [0.4, 0.5) is 11.4 Å². The number of ether oxygens (including phenoxy) is 2. The summed E-state index contributed by atoms with van der Waals surface area (Å²) in [5.41, 5.74) is 3.53.